The highest BCUT2D eigenvalue weighted by molar-refractivity contribution is 5.98. The molecule has 0 radical (unpaired) electrons. The van der Waals surface area contributed by atoms with E-state index in [1.54, 1.807) is 0 Å². The maximum absolute atomic E-state index is 14.0. The topological polar surface area (TPSA) is 71.1 Å². The molecule has 2 aliphatic heterocycles. The summed E-state index contributed by atoms with van der Waals surface area (Å²) in [5, 5.41) is 3.11. The summed E-state index contributed by atoms with van der Waals surface area (Å²) in [6.07, 6.45) is 14.7. The van der Waals surface area contributed by atoms with E-state index in [1.165, 1.54) is 18.8 Å². The van der Waals surface area contributed by atoms with Gasteiger partial charge in [-0.2, -0.15) is 0 Å². The molecule has 7 heteroatoms. The fourth-order valence-corrected chi connectivity index (χ4v) is 4.95. The third-order valence-corrected chi connectivity index (χ3v) is 6.73. The molecule has 2 heterocycles. The van der Waals surface area contributed by atoms with Crippen molar-refractivity contribution in [2.45, 2.75) is 45.1 Å². The molecule has 1 atom stereocenters. The van der Waals surface area contributed by atoms with Crippen molar-refractivity contribution in [3.63, 3.8) is 0 Å². The number of rotatable bonds is 7. The van der Waals surface area contributed by atoms with Crippen LogP contribution in [-0.4, -0.2) is 23.3 Å². The molecule has 2 aromatic carbocycles. The van der Waals surface area contributed by atoms with Crippen molar-refractivity contribution in [3.8, 4) is 0 Å². The minimum atomic E-state index is -0.705. The molecule has 0 saturated carbocycles. The molecular formula is C30H31N3O4. The zero-order valence-electron chi connectivity index (χ0n) is 20.9. The summed E-state index contributed by atoms with van der Waals surface area (Å²) in [4.78, 5) is 30.2. The zero-order chi connectivity index (χ0) is 25.6. The van der Waals surface area contributed by atoms with E-state index >= 15 is 0 Å². The lowest BCUT2D eigenvalue weighted by Crippen LogP contribution is -2.37. The van der Waals surface area contributed by atoms with E-state index < -0.39 is 6.04 Å². The van der Waals surface area contributed by atoms with Crippen LogP contribution in [0.4, 0.5) is 11.4 Å². The number of aryl methyl sites for hydroxylation is 1. The number of hydrogen-bond acceptors (Lipinski definition) is 5. The molecule has 0 aromatic heterocycles. The predicted molar refractivity (Wildman–Crippen MR) is 143 cm³/mol. The smallest absolute Gasteiger partial charge is 0.252 e. The number of ether oxygens (including phenoxy) is 2. The highest BCUT2D eigenvalue weighted by Crippen LogP contribution is 2.35. The van der Waals surface area contributed by atoms with Crippen LogP contribution in [0.15, 0.2) is 97.1 Å². The lowest BCUT2D eigenvalue weighted by Gasteiger charge is -2.36. The maximum Gasteiger partial charge on any atom is 0.252 e. The molecule has 2 amide bonds. The van der Waals surface area contributed by atoms with Gasteiger partial charge in [0.1, 0.15) is 18.6 Å². The molecule has 1 N–H and O–H groups in total. The highest BCUT2D eigenvalue weighted by atomic mass is 16.5. The lowest BCUT2D eigenvalue weighted by molar-refractivity contribution is -0.121. The quantitative estimate of drug-likeness (QED) is 0.505. The van der Waals surface area contributed by atoms with Gasteiger partial charge in [-0.25, -0.2) is 0 Å². The molecule has 7 nitrogen and oxygen atoms in total. The van der Waals surface area contributed by atoms with E-state index in [2.05, 4.69) is 11.4 Å². The van der Waals surface area contributed by atoms with Crippen LogP contribution in [0, 0.1) is 6.92 Å². The Morgan fingerprint density at radius 3 is 2.65 bits per heavy atom. The molecule has 3 aliphatic rings. The van der Waals surface area contributed by atoms with Gasteiger partial charge in [0.05, 0.1) is 0 Å². The third-order valence-electron chi connectivity index (χ3n) is 6.73. The molecule has 37 heavy (non-hydrogen) atoms. The number of piperidine rings is 1. The second-order valence-corrected chi connectivity index (χ2v) is 9.28. The van der Waals surface area contributed by atoms with Gasteiger partial charge in [0, 0.05) is 30.0 Å². The van der Waals surface area contributed by atoms with Gasteiger partial charge in [-0.1, -0.05) is 42.5 Å². The van der Waals surface area contributed by atoms with Crippen LogP contribution in [0.5, 0.6) is 0 Å². The fraction of sp³-hybridized carbons (Fsp3) is 0.267. The Balaban J connectivity index is 1.47. The van der Waals surface area contributed by atoms with Gasteiger partial charge in [0.15, 0.2) is 6.26 Å². The van der Waals surface area contributed by atoms with Crippen LogP contribution < -0.4 is 10.2 Å². The molecule has 190 valence electrons. The van der Waals surface area contributed by atoms with Crippen LogP contribution in [0.25, 0.3) is 0 Å². The van der Waals surface area contributed by atoms with E-state index in [4.69, 9.17) is 9.47 Å². The molecule has 1 fully saturated rings. The minimum Gasteiger partial charge on any atom is -0.464 e. The van der Waals surface area contributed by atoms with Crippen LogP contribution in [0.2, 0.25) is 0 Å². The van der Waals surface area contributed by atoms with E-state index in [0.717, 1.165) is 54.7 Å². The van der Waals surface area contributed by atoms with Crippen molar-refractivity contribution in [1.82, 2.24) is 4.90 Å². The number of nitrogens with one attached hydrogen (secondary N) is 1. The standard InChI is InChI=1S/C30H31N3O4/c1-22-20-24(15-16-26(22)32-17-9-8-14-27(32)34)31-30(35)29(23-10-4-2-5-11-23)33(25-12-6-3-7-13-25)28-21-36-18-19-37-28/h2-6,10-12,15-16,18-21,29H,7-9,13-14,17H2,1H3,(H,31,35). The summed E-state index contributed by atoms with van der Waals surface area (Å²) in [5.74, 6) is 0.378. The average molecular weight is 498 g/mol. The average Bonchev–Trinajstić information content (AvgIpc) is 2.94. The van der Waals surface area contributed by atoms with Crippen LogP contribution in [0.3, 0.4) is 0 Å². The van der Waals surface area contributed by atoms with Gasteiger partial charge < -0.3 is 19.7 Å². The first-order chi connectivity index (χ1) is 18.1. The molecular weight excluding hydrogens is 466 g/mol. The summed E-state index contributed by atoms with van der Waals surface area (Å²) in [5.41, 5.74) is 4.28. The Hall–Kier alpha value is -4.26. The van der Waals surface area contributed by atoms with E-state index in [1.807, 2.05) is 77.4 Å². The number of carbonyl (C=O) groups is 2. The number of benzene rings is 2. The summed E-state index contributed by atoms with van der Waals surface area (Å²) < 4.78 is 11.2. The van der Waals surface area contributed by atoms with Gasteiger partial charge in [0.2, 0.25) is 11.8 Å². The summed E-state index contributed by atoms with van der Waals surface area (Å²) in [7, 11) is 0. The van der Waals surface area contributed by atoms with Crippen molar-refractivity contribution in [2.24, 2.45) is 0 Å². The lowest BCUT2D eigenvalue weighted by atomic mass is 10.0. The fourth-order valence-electron chi connectivity index (χ4n) is 4.95. The van der Waals surface area contributed by atoms with Gasteiger partial charge in [-0.3, -0.25) is 14.5 Å². The third kappa shape index (κ3) is 5.45. The Bertz CT molecular complexity index is 1280. The predicted octanol–water partition coefficient (Wildman–Crippen LogP) is 6.04. The number of amides is 2. The molecule has 2 aromatic rings. The number of hydrogen-bond donors (Lipinski definition) is 1. The summed E-state index contributed by atoms with van der Waals surface area (Å²) >= 11 is 0. The van der Waals surface area contributed by atoms with Gasteiger partial charge in [-0.15, -0.1) is 0 Å². The largest absolute Gasteiger partial charge is 0.464 e. The second-order valence-electron chi connectivity index (χ2n) is 9.28. The zero-order valence-corrected chi connectivity index (χ0v) is 20.9. The van der Waals surface area contributed by atoms with E-state index in [9.17, 15) is 9.59 Å². The monoisotopic (exact) mass is 497 g/mol. The molecule has 1 aliphatic carbocycles. The van der Waals surface area contributed by atoms with Crippen LogP contribution >= 0.6 is 0 Å². The first-order valence-electron chi connectivity index (χ1n) is 12.7. The normalized spacial score (nSPS) is 17.8. The van der Waals surface area contributed by atoms with Crippen molar-refractivity contribution in [1.29, 1.82) is 0 Å². The van der Waals surface area contributed by atoms with E-state index in [0.29, 0.717) is 18.0 Å². The van der Waals surface area contributed by atoms with Crippen molar-refractivity contribution in [2.75, 3.05) is 16.8 Å². The summed E-state index contributed by atoms with van der Waals surface area (Å²) in [6, 6.07) is 14.6. The molecule has 1 saturated heterocycles. The van der Waals surface area contributed by atoms with Crippen molar-refractivity contribution >= 4 is 23.2 Å². The maximum atomic E-state index is 14.0. The van der Waals surface area contributed by atoms with Gasteiger partial charge >= 0.3 is 0 Å². The molecule has 5 rings (SSSR count). The van der Waals surface area contributed by atoms with Crippen molar-refractivity contribution < 1.29 is 19.1 Å². The SMILES string of the molecule is Cc1cc(NC(=O)C(c2ccccc2)N(C2=CC=CCC2)C2=COC=CO2)ccc1N1CCCCC1=O. The Morgan fingerprint density at radius 1 is 1.08 bits per heavy atom. The molecule has 1 unspecified atom stereocenters. The first kappa shape index (κ1) is 24.4. The Kier molecular flexibility index (Phi) is 7.40. The molecule has 0 bridgehead atoms. The first-order valence-corrected chi connectivity index (χ1v) is 12.7. The Labute approximate surface area is 217 Å². The van der Waals surface area contributed by atoms with Gasteiger partial charge in [-0.05, 0) is 68.0 Å². The van der Waals surface area contributed by atoms with Crippen molar-refractivity contribution in [3.05, 3.63) is 108 Å². The van der Waals surface area contributed by atoms with E-state index in [-0.39, 0.29) is 11.8 Å². The number of anilines is 2. The van der Waals surface area contributed by atoms with Gasteiger partial charge in [0.25, 0.3) is 5.91 Å². The number of allylic oxidation sites excluding steroid dienone is 4. The summed E-state index contributed by atoms with van der Waals surface area (Å²) in [6.45, 7) is 2.70. The van der Waals surface area contributed by atoms with Crippen LogP contribution in [-0.2, 0) is 19.1 Å². The number of nitrogens with zero attached hydrogens (tertiary/aromatic N) is 2. The highest BCUT2D eigenvalue weighted by Gasteiger charge is 2.34. The minimum absolute atomic E-state index is 0.151. The number of carbonyl (C=O) groups excluding carboxylic acids is 2. The molecule has 0 spiro atoms. The van der Waals surface area contributed by atoms with Crippen LogP contribution in [0.1, 0.15) is 49.3 Å². The Morgan fingerprint density at radius 2 is 1.95 bits per heavy atom. The second kappa shape index (κ2) is 11.2.